The molecule has 0 aliphatic rings. The van der Waals surface area contributed by atoms with Gasteiger partial charge < -0.3 is 9.80 Å². The van der Waals surface area contributed by atoms with Crippen LogP contribution < -0.4 is 9.80 Å². The summed E-state index contributed by atoms with van der Waals surface area (Å²) in [4.78, 5) is 4.72. The monoisotopic (exact) mass is 730 g/mol. The van der Waals surface area contributed by atoms with Crippen molar-refractivity contribution in [1.29, 1.82) is 0 Å². The molecule has 0 saturated heterocycles. The van der Waals surface area contributed by atoms with Crippen LogP contribution in [0.15, 0.2) is 218 Å². The number of anilines is 6. The second-order valence-corrected chi connectivity index (χ2v) is 13.0. The molecule has 0 saturated carbocycles. The van der Waals surface area contributed by atoms with E-state index in [2.05, 4.69) is 249 Å². The van der Waals surface area contributed by atoms with E-state index >= 15 is 0 Å². The van der Waals surface area contributed by atoms with Crippen LogP contribution in [0.3, 0.4) is 0 Å². The predicted molar refractivity (Wildman–Crippen MR) is 240 cm³/mol. The first kappa shape index (κ1) is 34.9. The molecule has 0 aliphatic heterocycles. The molecule has 260 valence electrons. The van der Waals surface area contributed by atoms with E-state index in [4.69, 9.17) is 0 Å². The third kappa shape index (κ3) is 7.13. The van der Waals surface area contributed by atoms with Gasteiger partial charge in [0.15, 0.2) is 0 Å². The summed E-state index contributed by atoms with van der Waals surface area (Å²) < 4.78 is 0. The van der Waals surface area contributed by atoms with Gasteiger partial charge in [0.1, 0.15) is 0 Å². The fraction of sp³-hybridized carbons (Fsp3) is 0. The summed E-state index contributed by atoms with van der Waals surface area (Å²) in [5.74, 6) is 0. The molecule has 0 aromatic heterocycles. The molecule has 9 aromatic rings. The maximum Gasteiger partial charge on any atom is 0.0540 e. The van der Waals surface area contributed by atoms with E-state index in [0.29, 0.717) is 0 Å². The zero-order valence-electron chi connectivity index (χ0n) is 29.7. The average Bonchev–Trinajstić information content (AvgIpc) is 3.26. The quantitative estimate of drug-likeness (QED) is 0.123. The van der Waals surface area contributed by atoms with Crippen molar-refractivity contribution in [2.45, 2.75) is 0 Å². The smallest absolute Gasteiger partial charge is 0.0540 e. The van der Waals surface area contributed by atoms with Gasteiger partial charge in [-0.15, -0.1) is 0 Å². The van der Waals surface area contributed by atoms with Gasteiger partial charge in [-0.05, 0) is 93.7 Å². The lowest BCUT2D eigenvalue weighted by Crippen LogP contribution is -2.10. The van der Waals surface area contributed by atoms with E-state index in [-0.39, 0.29) is 0 Å². The lowest BCUT2D eigenvalue weighted by molar-refractivity contribution is 1.30. The minimum absolute atomic E-state index is 1.12. The number of benzene rings is 9. The van der Waals surface area contributed by atoms with Crippen LogP contribution in [0.1, 0.15) is 0 Å². The molecule has 54 heavy (non-hydrogen) atoms. The van der Waals surface area contributed by atoms with Crippen molar-refractivity contribution >= 4 is 76.4 Å². The molecule has 9 aromatic carbocycles. The maximum absolute atomic E-state index is 3.44. The number of thiol groups is 1. The number of hydrogen-bond acceptors (Lipinski definition) is 3. The Bertz CT molecular complexity index is 2450. The average molecular weight is 731 g/mol. The molecule has 0 heterocycles. The summed E-state index contributed by atoms with van der Waals surface area (Å²) in [6.45, 7) is 0. The van der Waals surface area contributed by atoms with Crippen molar-refractivity contribution in [2.24, 2.45) is 0 Å². The van der Waals surface area contributed by atoms with Gasteiger partial charge in [0.2, 0.25) is 0 Å². The number of hydrogen-bond donors (Lipinski definition) is 1. The van der Waals surface area contributed by atoms with E-state index in [1.54, 1.807) is 0 Å². The SMILES string of the molecule is PS.c1ccc(N(c2cccc(-c3ccc(-c4cccc(N(c5ccccc5)c5cccc6ccccc56)c4)cc3)c2)c2cccc3ccccc23)cc1. The summed E-state index contributed by atoms with van der Waals surface area (Å²) in [5, 5.41) is 4.88. The molecule has 0 spiro atoms. The highest BCUT2D eigenvalue weighted by Crippen LogP contribution is 2.42. The van der Waals surface area contributed by atoms with Crippen LogP contribution >= 0.6 is 20.7 Å². The molecule has 0 fully saturated rings. The second kappa shape index (κ2) is 16.3. The summed E-state index contributed by atoms with van der Waals surface area (Å²) in [7, 11) is 2.11. The van der Waals surface area contributed by atoms with E-state index in [9.17, 15) is 0 Å². The van der Waals surface area contributed by atoms with Crippen LogP contribution in [0.2, 0.25) is 0 Å². The topological polar surface area (TPSA) is 6.48 Å². The highest BCUT2D eigenvalue weighted by Gasteiger charge is 2.17. The minimum Gasteiger partial charge on any atom is -0.310 e. The van der Waals surface area contributed by atoms with Crippen molar-refractivity contribution < 1.29 is 0 Å². The molecule has 4 heteroatoms. The Balaban J connectivity index is 0.00000203. The first-order valence-electron chi connectivity index (χ1n) is 18.0. The third-order valence-electron chi connectivity index (χ3n) is 9.80. The molecule has 0 bridgehead atoms. The Morgan fingerprint density at radius 3 is 1.04 bits per heavy atom. The highest BCUT2D eigenvalue weighted by molar-refractivity contribution is 8.31. The van der Waals surface area contributed by atoms with Crippen molar-refractivity contribution in [2.75, 3.05) is 9.80 Å². The molecule has 0 N–H and O–H groups in total. The zero-order chi connectivity index (χ0) is 36.7. The number of rotatable bonds is 8. The minimum atomic E-state index is 1.12. The Morgan fingerprint density at radius 1 is 0.278 bits per heavy atom. The molecule has 2 nitrogen and oxygen atoms in total. The Hall–Kier alpha value is -6.12. The van der Waals surface area contributed by atoms with Gasteiger partial charge in [-0.3, -0.25) is 0 Å². The highest BCUT2D eigenvalue weighted by atomic mass is 32.7. The zero-order valence-corrected chi connectivity index (χ0v) is 31.8. The maximum atomic E-state index is 3.44. The Labute approximate surface area is 325 Å². The lowest BCUT2D eigenvalue weighted by atomic mass is 9.99. The van der Waals surface area contributed by atoms with Crippen molar-refractivity contribution in [1.82, 2.24) is 0 Å². The first-order chi connectivity index (χ1) is 26.8. The molecule has 9 rings (SSSR count). The first-order valence-corrected chi connectivity index (χ1v) is 20.1. The largest absolute Gasteiger partial charge is 0.310 e. The van der Waals surface area contributed by atoms with E-state index in [1.807, 2.05) is 0 Å². The van der Waals surface area contributed by atoms with Gasteiger partial charge in [0, 0.05) is 33.5 Å². The van der Waals surface area contributed by atoms with E-state index < -0.39 is 0 Å². The molecular formula is C50H39N2PS. The van der Waals surface area contributed by atoms with E-state index in [0.717, 1.165) is 34.1 Å². The van der Waals surface area contributed by atoms with Gasteiger partial charge >= 0.3 is 0 Å². The van der Waals surface area contributed by atoms with Crippen molar-refractivity contribution in [3.63, 3.8) is 0 Å². The van der Waals surface area contributed by atoms with Crippen molar-refractivity contribution in [3.05, 3.63) is 218 Å². The third-order valence-corrected chi connectivity index (χ3v) is 9.80. The summed E-state index contributed by atoms with van der Waals surface area (Å²) >= 11 is 3.44. The van der Waals surface area contributed by atoms with Crippen LogP contribution in [0.25, 0.3) is 43.8 Å². The summed E-state index contributed by atoms with van der Waals surface area (Å²) in [5.41, 5.74) is 11.5. The van der Waals surface area contributed by atoms with Crippen LogP contribution in [0.4, 0.5) is 34.1 Å². The molecule has 0 amide bonds. The van der Waals surface area contributed by atoms with Gasteiger partial charge in [-0.25, -0.2) is 0 Å². The molecule has 1 atom stereocenters. The normalized spacial score (nSPS) is 10.8. The van der Waals surface area contributed by atoms with Gasteiger partial charge in [-0.2, -0.15) is 12.2 Å². The van der Waals surface area contributed by atoms with Gasteiger partial charge in [-0.1, -0.05) is 166 Å². The summed E-state index contributed by atoms with van der Waals surface area (Å²) in [6, 6.07) is 78.2. The fourth-order valence-electron chi connectivity index (χ4n) is 7.32. The van der Waals surface area contributed by atoms with Gasteiger partial charge in [0.25, 0.3) is 0 Å². The Morgan fingerprint density at radius 2 is 0.611 bits per heavy atom. The lowest BCUT2D eigenvalue weighted by Gasteiger charge is -2.27. The second-order valence-electron chi connectivity index (χ2n) is 13.0. The molecule has 1 unspecified atom stereocenters. The van der Waals surface area contributed by atoms with Gasteiger partial charge in [0.05, 0.1) is 11.4 Å². The number of nitrogens with zero attached hydrogens (tertiary/aromatic N) is 2. The number of fused-ring (bicyclic) bond motifs is 2. The molecule has 0 radical (unpaired) electrons. The summed E-state index contributed by atoms with van der Waals surface area (Å²) in [6.07, 6.45) is 0. The van der Waals surface area contributed by atoms with Crippen LogP contribution in [0, 0.1) is 0 Å². The standard InChI is InChI=1S/C50H36N2.H3PS/c1-3-21-43(22-4-1)51(49-29-13-17-39-15-7-9-27-47(39)49)45-25-11-19-41(35-45)37-31-33-38(34-32-37)42-20-12-26-46(36-42)52(44-23-5-2-6-24-44)50-30-14-18-40-16-8-10-28-48(40)50;1-2/h1-36H;2H,1H2. The molecule has 0 aliphatic carbocycles. The van der Waals surface area contributed by atoms with E-state index in [1.165, 1.54) is 43.8 Å². The predicted octanol–water partition coefficient (Wildman–Crippen LogP) is 15.0. The van der Waals surface area contributed by atoms with Crippen LogP contribution in [0.5, 0.6) is 0 Å². The van der Waals surface area contributed by atoms with Crippen LogP contribution in [-0.2, 0) is 0 Å². The molecular weight excluding hydrogens is 692 g/mol. The Kier molecular flexibility index (Phi) is 10.5. The van der Waals surface area contributed by atoms with Crippen LogP contribution in [-0.4, -0.2) is 0 Å². The van der Waals surface area contributed by atoms with Crippen molar-refractivity contribution in [3.8, 4) is 22.3 Å². The fourth-order valence-corrected chi connectivity index (χ4v) is 7.32. The number of para-hydroxylation sites is 2.